The molecule has 6 unspecified atom stereocenters. The van der Waals surface area contributed by atoms with Crippen LogP contribution in [-0.2, 0) is 25.5 Å². The molecular formula is C24H23ClO5S. The Balaban J connectivity index is 1.26. The van der Waals surface area contributed by atoms with Crippen molar-refractivity contribution in [1.82, 2.24) is 0 Å². The summed E-state index contributed by atoms with van der Waals surface area (Å²) in [5, 5.41) is 11.6. The van der Waals surface area contributed by atoms with Gasteiger partial charge in [-0.25, -0.2) is 0 Å². The molecule has 2 heterocycles. The van der Waals surface area contributed by atoms with Crippen LogP contribution in [0.15, 0.2) is 53.4 Å². The van der Waals surface area contributed by atoms with Crippen LogP contribution in [0.4, 0.5) is 0 Å². The van der Waals surface area contributed by atoms with Gasteiger partial charge in [-0.05, 0) is 48.7 Å². The number of cyclic esters (lactones) is 1. The average Bonchev–Trinajstić information content (AvgIpc) is 3.32. The van der Waals surface area contributed by atoms with E-state index in [0.717, 1.165) is 10.5 Å². The molecule has 1 N–H and O–H groups in total. The number of ether oxygens (including phenoxy) is 2. The lowest BCUT2D eigenvalue weighted by molar-refractivity contribution is -0.148. The second kappa shape index (κ2) is 7.84. The van der Waals surface area contributed by atoms with Crippen LogP contribution in [0.1, 0.15) is 37.0 Å². The van der Waals surface area contributed by atoms with Crippen LogP contribution < -0.4 is 0 Å². The van der Waals surface area contributed by atoms with E-state index in [4.69, 9.17) is 21.1 Å². The maximum absolute atomic E-state index is 12.6. The Hall–Kier alpha value is -2.02. The van der Waals surface area contributed by atoms with E-state index in [2.05, 4.69) is 0 Å². The summed E-state index contributed by atoms with van der Waals surface area (Å²) in [5.74, 6) is -1.34. The zero-order chi connectivity index (χ0) is 21.8. The SMILES string of the molecule is CC1(Sc2ccc(Cl)cc2)CC(CC(O)C2C(=O)OC3c4ccccc4CC32)OC1=O. The van der Waals surface area contributed by atoms with Gasteiger partial charge in [-0.2, -0.15) is 0 Å². The van der Waals surface area contributed by atoms with Gasteiger partial charge >= 0.3 is 11.9 Å². The third-order valence-corrected chi connectivity index (χ3v) is 8.12. The highest BCUT2D eigenvalue weighted by Crippen LogP contribution is 2.50. The summed E-state index contributed by atoms with van der Waals surface area (Å²) in [4.78, 5) is 26.1. The molecule has 2 saturated heterocycles. The molecule has 3 aliphatic rings. The lowest BCUT2D eigenvalue weighted by Gasteiger charge is -2.22. The molecule has 2 fully saturated rings. The first-order valence-electron chi connectivity index (χ1n) is 10.5. The molecule has 0 aromatic heterocycles. The van der Waals surface area contributed by atoms with E-state index < -0.39 is 22.9 Å². The molecular weight excluding hydrogens is 436 g/mol. The van der Waals surface area contributed by atoms with Crippen LogP contribution in [0.25, 0.3) is 0 Å². The molecule has 0 bridgehead atoms. The molecule has 0 amide bonds. The van der Waals surface area contributed by atoms with Crippen molar-refractivity contribution >= 4 is 35.3 Å². The van der Waals surface area contributed by atoms with Gasteiger partial charge in [0.15, 0.2) is 0 Å². The Bertz CT molecular complexity index is 1020. The number of benzene rings is 2. The predicted molar refractivity (Wildman–Crippen MR) is 117 cm³/mol. The van der Waals surface area contributed by atoms with Gasteiger partial charge in [-0.15, -0.1) is 11.8 Å². The van der Waals surface area contributed by atoms with E-state index in [0.29, 0.717) is 17.9 Å². The fourth-order valence-corrected chi connectivity index (χ4v) is 6.42. The zero-order valence-corrected chi connectivity index (χ0v) is 18.6. The maximum atomic E-state index is 12.6. The Labute approximate surface area is 190 Å². The topological polar surface area (TPSA) is 72.8 Å². The number of hydrogen-bond acceptors (Lipinski definition) is 6. The Kier molecular flexibility index (Phi) is 5.27. The van der Waals surface area contributed by atoms with Gasteiger partial charge < -0.3 is 14.6 Å². The molecule has 0 radical (unpaired) electrons. The van der Waals surface area contributed by atoms with E-state index in [1.807, 2.05) is 43.3 Å². The predicted octanol–water partition coefficient (Wildman–Crippen LogP) is 4.34. The normalized spacial score (nSPS) is 32.4. The average molecular weight is 459 g/mol. The molecule has 0 saturated carbocycles. The molecule has 7 heteroatoms. The first-order chi connectivity index (χ1) is 14.8. The molecule has 1 aliphatic carbocycles. The standard InChI is InChI=1S/C24H23ClO5S/c1-24(31-16-8-6-14(25)7-9-16)12-15(29-23(24)28)11-19(26)20-18-10-13-4-2-3-5-17(13)21(18)30-22(20)27/h2-9,15,18-21,26H,10-12H2,1H3. The van der Waals surface area contributed by atoms with Crippen molar-refractivity contribution in [2.45, 2.75) is 54.1 Å². The number of carbonyl (C=O) groups excluding carboxylic acids is 2. The largest absolute Gasteiger partial charge is 0.461 e. The first kappa shape index (κ1) is 20.9. The minimum atomic E-state index is -0.919. The van der Waals surface area contributed by atoms with Gasteiger partial charge in [0.25, 0.3) is 0 Å². The third-order valence-electron chi connectivity index (χ3n) is 6.58. The summed E-state index contributed by atoms with van der Waals surface area (Å²) in [6, 6.07) is 15.3. The quantitative estimate of drug-likeness (QED) is 0.672. The fourth-order valence-electron chi connectivity index (χ4n) is 5.11. The second-order valence-electron chi connectivity index (χ2n) is 8.77. The Morgan fingerprint density at radius 1 is 1.16 bits per heavy atom. The number of halogens is 1. The van der Waals surface area contributed by atoms with Gasteiger partial charge in [0.1, 0.15) is 17.0 Å². The number of aliphatic hydroxyl groups is 1. The minimum Gasteiger partial charge on any atom is -0.461 e. The van der Waals surface area contributed by atoms with Crippen molar-refractivity contribution in [1.29, 1.82) is 0 Å². The van der Waals surface area contributed by atoms with E-state index in [1.54, 1.807) is 12.1 Å². The number of thioether (sulfide) groups is 1. The van der Waals surface area contributed by atoms with Gasteiger partial charge in [-0.1, -0.05) is 35.9 Å². The highest BCUT2D eigenvalue weighted by Gasteiger charge is 2.54. The Morgan fingerprint density at radius 2 is 1.90 bits per heavy atom. The van der Waals surface area contributed by atoms with Crippen molar-refractivity contribution in [3.63, 3.8) is 0 Å². The van der Waals surface area contributed by atoms with Crippen LogP contribution in [-0.4, -0.2) is 34.0 Å². The fraction of sp³-hybridized carbons (Fsp3) is 0.417. The number of aliphatic hydroxyl groups excluding tert-OH is 1. The lowest BCUT2D eigenvalue weighted by atomic mass is 9.84. The molecule has 31 heavy (non-hydrogen) atoms. The van der Waals surface area contributed by atoms with Gasteiger partial charge in [-0.3, -0.25) is 9.59 Å². The molecule has 0 spiro atoms. The van der Waals surface area contributed by atoms with E-state index in [-0.39, 0.29) is 30.4 Å². The highest BCUT2D eigenvalue weighted by molar-refractivity contribution is 8.01. The van der Waals surface area contributed by atoms with Crippen molar-refractivity contribution in [3.05, 3.63) is 64.7 Å². The van der Waals surface area contributed by atoms with Crippen molar-refractivity contribution < 1.29 is 24.2 Å². The maximum Gasteiger partial charge on any atom is 0.322 e. The number of rotatable bonds is 5. The van der Waals surface area contributed by atoms with Crippen LogP contribution in [0.3, 0.4) is 0 Å². The van der Waals surface area contributed by atoms with Crippen LogP contribution >= 0.6 is 23.4 Å². The molecule has 162 valence electrons. The van der Waals surface area contributed by atoms with E-state index in [9.17, 15) is 14.7 Å². The summed E-state index contributed by atoms with van der Waals surface area (Å²) < 4.78 is 10.5. The summed E-state index contributed by atoms with van der Waals surface area (Å²) in [6.45, 7) is 1.86. The summed E-state index contributed by atoms with van der Waals surface area (Å²) in [7, 11) is 0. The first-order valence-corrected chi connectivity index (χ1v) is 11.7. The van der Waals surface area contributed by atoms with Crippen LogP contribution in [0.5, 0.6) is 0 Å². The van der Waals surface area contributed by atoms with E-state index >= 15 is 0 Å². The minimum absolute atomic E-state index is 0.0770. The molecule has 6 atom stereocenters. The molecule has 2 aliphatic heterocycles. The number of fused-ring (bicyclic) bond motifs is 3. The van der Waals surface area contributed by atoms with Gasteiger partial charge in [0.05, 0.1) is 12.0 Å². The zero-order valence-electron chi connectivity index (χ0n) is 17.0. The Morgan fingerprint density at radius 3 is 2.68 bits per heavy atom. The van der Waals surface area contributed by atoms with E-state index in [1.165, 1.54) is 17.3 Å². The number of carbonyl (C=O) groups is 2. The number of esters is 2. The van der Waals surface area contributed by atoms with Crippen LogP contribution in [0.2, 0.25) is 5.02 Å². The van der Waals surface area contributed by atoms with Crippen molar-refractivity contribution in [3.8, 4) is 0 Å². The molecule has 5 rings (SSSR count). The summed E-state index contributed by atoms with van der Waals surface area (Å²) in [5.41, 5.74) is 2.20. The number of hydrogen-bond donors (Lipinski definition) is 1. The van der Waals surface area contributed by atoms with Gasteiger partial charge in [0, 0.05) is 28.7 Å². The van der Waals surface area contributed by atoms with Crippen molar-refractivity contribution in [2.75, 3.05) is 0 Å². The molecule has 5 nitrogen and oxygen atoms in total. The lowest BCUT2D eigenvalue weighted by Crippen LogP contribution is -2.33. The summed E-state index contributed by atoms with van der Waals surface area (Å²) >= 11 is 7.38. The van der Waals surface area contributed by atoms with Crippen LogP contribution in [0, 0.1) is 11.8 Å². The summed E-state index contributed by atoms with van der Waals surface area (Å²) in [6.07, 6.45) is -0.252. The highest BCUT2D eigenvalue weighted by atomic mass is 35.5. The van der Waals surface area contributed by atoms with Gasteiger partial charge in [0.2, 0.25) is 0 Å². The van der Waals surface area contributed by atoms with Crippen molar-refractivity contribution in [2.24, 2.45) is 11.8 Å². The molecule has 2 aromatic carbocycles. The second-order valence-corrected chi connectivity index (χ2v) is 10.8. The molecule has 2 aromatic rings. The monoisotopic (exact) mass is 458 g/mol. The smallest absolute Gasteiger partial charge is 0.322 e. The third kappa shape index (κ3) is 3.75.